The molecule has 19 heavy (non-hydrogen) atoms. The lowest BCUT2D eigenvalue weighted by molar-refractivity contribution is -0.117. The fraction of sp³-hybridized carbons (Fsp3) is 0.0667. The van der Waals surface area contributed by atoms with Crippen molar-refractivity contribution in [1.29, 1.82) is 0 Å². The van der Waals surface area contributed by atoms with E-state index in [1.165, 1.54) is 13.2 Å². The van der Waals surface area contributed by atoms with E-state index in [-0.39, 0.29) is 16.4 Å². The van der Waals surface area contributed by atoms with E-state index in [2.05, 4.69) is 0 Å². The molecule has 0 atom stereocenters. The van der Waals surface area contributed by atoms with Crippen molar-refractivity contribution in [1.82, 2.24) is 0 Å². The van der Waals surface area contributed by atoms with E-state index in [0.717, 1.165) is 5.56 Å². The third-order valence-corrected chi connectivity index (χ3v) is 2.99. The van der Waals surface area contributed by atoms with Crippen LogP contribution in [0.2, 0.25) is 0 Å². The molecule has 2 rings (SSSR count). The number of Topliss-reactive ketones (excluding diaryl/α,β-unsaturated/α-hetero) is 2. The van der Waals surface area contributed by atoms with Gasteiger partial charge in [0.1, 0.15) is 5.03 Å². The van der Waals surface area contributed by atoms with Crippen LogP contribution < -0.4 is 0 Å². The molecule has 0 amide bonds. The third kappa shape index (κ3) is 2.66. The van der Waals surface area contributed by atoms with Crippen molar-refractivity contribution in [2.24, 2.45) is 0 Å². The molecule has 3 nitrogen and oxygen atoms in total. The van der Waals surface area contributed by atoms with Gasteiger partial charge in [-0.15, -0.1) is 0 Å². The summed E-state index contributed by atoms with van der Waals surface area (Å²) in [6.45, 7) is 0. The fourth-order valence-electron chi connectivity index (χ4n) is 1.70. The second kappa shape index (κ2) is 5.67. The molecule has 0 bridgehead atoms. The Morgan fingerprint density at radius 3 is 2.37 bits per heavy atom. The Balaban J connectivity index is 2.21. The summed E-state index contributed by atoms with van der Waals surface area (Å²) < 4.78 is 4.81. The van der Waals surface area contributed by atoms with Gasteiger partial charge in [-0.3, -0.25) is 9.59 Å². The van der Waals surface area contributed by atoms with E-state index in [9.17, 15) is 9.59 Å². The highest BCUT2D eigenvalue weighted by Crippen LogP contribution is 2.27. The molecular weight excluding hydrogens is 264 g/mol. The van der Waals surface area contributed by atoms with Crippen molar-refractivity contribution in [3.8, 4) is 0 Å². The van der Waals surface area contributed by atoms with Crippen molar-refractivity contribution in [2.75, 3.05) is 7.11 Å². The lowest BCUT2D eigenvalue weighted by atomic mass is 10.1. The molecule has 1 aromatic rings. The molecule has 96 valence electrons. The van der Waals surface area contributed by atoms with E-state index < -0.39 is 11.6 Å². The predicted molar refractivity (Wildman–Crippen MR) is 73.5 cm³/mol. The molecular formula is C15H11ClO3. The zero-order chi connectivity index (χ0) is 13.8. The maximum atomic E-state index is 11.8. The summed E-state index contributed by atoms with van der Waals surface area (Å²) in [5.41, 5.74) is 0.997. The van der Waals surface area contributed by atoms with Crippen LogP contribution in [0.1, 0.15) is 5.56 Å². The van der Waals surface area contributed by atoms with Crippen molar-refractivity contribution in [3.05, 3.63) is 64.4 Å². The standard InChI is InChI=1S/C15H11ClO3/c1-19-15-12(16)13(17)11(14(15)18)9-5-8-10-6-3-2-4-7-10/h2-9H,1H3. The van der Waals surface area contributed by atoms with Crippen LogP contribution in [0, 0.1) is 0 Å². The molecule has 4 heteroatoms. The molecule has 0 aromatic heterocycles. The smallest absolute Gasteiger partial charge is 0.233 e. The first-order chi connectivity index (χ1) is 9.15. The quantitative estimate of drug-likeness (QED) is 0.629. The second-order valence-electron chi connectivity index (χ2n) is 3.86. The average Bonchev–Trinajstić information content (AvgIpc) is 2.63. The van der Waals surface area contributed by atoms with E-state index in [1.54, 1.807) is 12.2 Å². The topological polar surface area (TPSA) is 43.4 Å². The Morgan fingerprint density at radius 1 is 1.11 bits per heavy atom. The van der Waals surface area contributed by atoms with E-state index in [1.807, 2.05) is 30.3 Å². The average molecular weight is 275 g/mol. The fourth-order valence-corrected chi connectivity index (χ4v) is 1.96. The van der Waals surface area contributed by atoms with Gasteiger partial charge in [-0.05, 0) is 11.6 Å². The molecule has 0 saturated carbocycles. The van der Waals surface area contributed by atoms with Gasteiger partial charge in [0.25, 0.3) is 0 Å². The molecule has 0 saturated heterocycles. The number of halogens is 1. The Kier molecular flexibility index (Phi) is 3.97. The predicted octanol–water partition coefficient (Wildman–Crippen LogP) is 2.87. The maximum absolute atomic E-state index is 11.8. The molecule has 1 aliphatic rings. The van der Waals surface area contributed by atoms with Gasteiger partial charge in [0, 0.05) is 0 Å². The van der Waals surface area contributed by atoms with E-state index in [0.29, 0.717) is 0 Å². The summed E-state index contributed by atoms with van der Waals surface area (Å²) in [5, 5.41) is -0.160. The summed E-state index contributed by atoms with van der Waals surface area (Å²) in [4.78, 5) is 23.5. The second-order valence-corrected chi connectivity index (χ2v) is 4.23. The number of benzene rings is 1. The van der Waals surface area contributed by atoms with Crippen LogP contribution in [-0.4, -0.2) is 18.7 Å². The first-order valence-electron chi connectivity index (χ1n) is 5.61. The molecule has 0 radical (unpaired) electrons. The van der Waals surface area contributed by atoms with E-state index in [4.69, 9.17) is 16.3 Å². The number of carbonyl (C=O) groups excluding carboxylic acids is 2. The van der Waals surface area contributed by atoms with Crippen molar-refractivity contribution in [3.63, 3.8) is 0 Å². The Morgan fingerprint density at radius 2 is 1.79 bits per heavy atom. The zero-order valence-electron chi connectivity index (χ0n) is 10.2. The van der Waals surface area contributed by atoms with Crippen LogP contribution in [0.5, 0.6) is 0 Å². The Bertz CT molecular complexity index is 610. The van der Waals surface area contributed by atoms with Gasteiger partial charge in [0.2, 0.25) is 11.6 Å². The normalized spacial score (nSPS) is 17.9. The SMILES string of the molecule is COC1=C(Cl)C(=O)C(=CC=Cc2ccccc2)C1=O. The van der Waals surface area contributed by atoms with Crippen LogP contribution in [0.3, 0.4) is 0 Å². The van der Waals surface area contributed by atoms with Gasteiger partial charge in [0.15, 0.2) is 5.76 Å². The van der Waals surface area contributed by atoms with Crippen LogP contribution >= 0.6 is 11.6 Å². The molecule has 0 aliphatic heterocycles. The minimum atomic E-state index is -0.499. The highest BCUT2D eigenvalue weighted by molar-refractivity contribution is 6.55. The van der Waals surface area contributed by atoms with E-state index >= 15 is 0 Å². The van der Waals surface area contributed by atoms with Crippen molar-refractivity contribution >= 4 is 29.2 Å². The van der Waals surface area contributed by atoms with Crippen molar-refractivity contribution in [2.45, 2.75) is 0 Å². The first-order valence-corrected chi connectivity index (χ1v) is 5.99. The lowest BCUT2D eigenvalue weighted by Crippen LogP contribution is -2.04. The number of allylic oxidation sites excluding steroid dienone is 4. The Hall–Kier alpha value is -2.13. The van der Waals surface area contributed by atoms with Gasteiger partial charge in [-0.2, -0.15) is 0 Å². The van der Waals surface area contributed by atoms with Gasteiger partial charge in [-0.1, -0.05) is 54.1 Å². The number of hydrogen-bond acceptors (Lipinski definition) is 3. The third-order valence-electron chi connectivity index (χ3n) is 2.65. The maximum Gasteiger partial charge on any atom is 0.233 e. The summed E-state index contributed by atoms with van der Waals surface area (Å²) >= 11 is 5.73. The van der Waals surface area contributed by atoms with Crippen LogP contribution in [0.15, 0.2) is 58.8 Å². The Labute approximate surface area is 115 Å². The number of ether oxygens (including phenoxy) is 1. The molecule has 0 fully saturated rings. The molecule has 0 N–H and O–H groups in total. The molecule has 0 unspecified atom stereocenters. The van der Waals surface area contributed by atoms with Crippen LogP contribution in [0.25, 0.3) is 6.08 Å². The summed E-state index contributed by atoms with van der Waals surface area (Å²) in [6, 6.07) is 9.55. The summed E-state index contributed by atoms with van der Waals surface area (Å²) in [5.74, 6) is -1.07. The van der Waals surface area contributed by atoms with Crippen LogP contribution in [-0.2, 0) is 14.3 Å². The monoisotopic (exact) mass is 274 g/mol. The van der Waals surface area contributed by atoms with Gasteiger partial charge < -0.3 is 4.74 Å². The molecule has 1 aromatic carbocycles. The molecule has 1 aliphatic carbocycles. The number of methoxy groups -OCH3 is 1. The van der Waals surface area contributed by atoms with Crippen molar-refractivity contribution < 1.29 is 14.3 Å². The summed E-state index contributed by atoms with van der Waals surface area (Å²) in [7, 11) is 1.31. The number of ketones is 2. The van der Waals surface area contributed by atoms with Gasteiger partial charge in [0.05, 0.1) is 12.7 Å². The van der Waals surface area contributed by atoms with Gasteiger partial charge in [-0.25, -0.2) is 0 Å². The highest BCUT2D eigenvalue weighted by Gasteiger charge is 2.35. The minimum Gasteiger partial charge on any atom is -0.491 e. The number of carbonyl (C=O) groups is 2. The number of rotatable bonds is 3. The van der Waals surface area contributed by atoms with Gasteiger partial charge >= 0.3 is 0 Å². The molecule has 0 heterocycles. The lowest BCUT2D eigenvalue weighted by Gasteiger charge is -1.96. The first kappa shape index (κ1) is 13.3. The largest absolute Gasteiger partial charge is 0.491 e. The minimum absolute atomic E-state index is 0.0223. The zero-order valence-corrected chi connectivity index (χ0v) is 11.0. The van der Waals surface area contributed by atoms with Crippen LogP contribution in [0.4, 0.5) is 0 Å². The summed E-state index contributed by atoms with van der Waals surface area (Å²) in [6.07, 6.45) is 4.89. The number of hydrogen-bond donors (Lipinski definition) is 0. The molecule has 0 spiro atoms. The highest BCUT2D eigenvalue weighted by atomic mass is 35.5.